The van der Waals surface area contributed by atoms with Crippen LogP contribution in [0.1, 0.15) is 15.9 Å². The molecule has 1 N–H and O–H groups in total. The van der Waals surface area contributed by atoms with E-state index in [0.717, 1.165) is 17.0 Å². The van der Waals surface area contributed by atoms with Crippen molar-refractivity contribution in [2.24, 2.45) is 0 Å². The molecule has 1 atom stereocenters. The summed E-state index contributed by atoms with van der Waals surface area (Å²) in [5.74, 6) is -1.92. The molecule has 0 unspecified atom stereocenters. The van der Waals surface area contributed by atoms with E-state index in [1.807, 2.05) is 0 Å². The lowest BCUT2D eigenvalue weighted by Crippen LogP contribution is -2.42. The first kappa shape index (κ1) is 16.2. The number of carbonyl (C=O) groups is 2. The van der Waals surface area contributed by atoms with Gasteiger partial charge in [0.15, 0.2) is 0 Å². The van der Waals surface area contributed by atoms with Crippen LogP contribution in [0.15, 0.2) is 22.7 Å². The Morgan fingerprint density at radius 3 is 2.62 bits per heavy atom. The Morgan fingerprint density at radius 2 is 2.05 bits per heavy atom. The Kier molecular flexibility index (Phi) is 4.52. The first-order valence-electron chi connectivity index (χ1n) is 5.70. The number of rotatable bonds is 2. The van der Waals surface area contributed by atoms with Crippen molar-refractivity contribution in [1.29, 1.82) is 0 Å². The van der Waals surface area contributed by atoms with Gasteiger partial charge < -0.3 is 10.0 Å². The van der Waals surface area contributed by atoms with Gasteiger partial charge in [0.2, 0.25) is 0 Å². The molecule has 4 nitrogen and oxygen atoms in total. The van der Waals surface area contributed by atoms with Crippen LogP contribution in [0.4, 0.5) is 13.2 Å². The predicted octanol–water partition coefficient (Wildman–Crippen LogP) is 3.07. The van der Waals surface area contributed by atoms with Gasteiger partial charge in [0.05, 0.1) is 17.0 Å². The Hall–Kier alpha value is -1.22. The Bertz CT molecular complexity index is 594. The van der Waals surface area contributed by atoms with Crippen LogP contribution in [0, 0.1) is 0 Å². The molecular weight excluding hydrogens is 375 g/mol. The molecule has 0 aliphatic carbocycles. The number of hydrogen-bond acceptors (Lipinski definition) is 3. The number of thioether (sulfide) groups is 1. The van der Waals surface area contributed by atoms with E-state index in [1.54, 1.807) is 0 Å². The zero-order chi connectivity index (χ0) is 15.8. The van der Waals surface area contributed by atoms with E-state index in [0.29, 0.717) is 0 Å². The lowest BCUT2D eigenvalue weighted by molar-refractivity contribution is -0.140. The quantitative estimate of drug-likeness (QED) is 0.852. The van der Waals surface area contributed by atoms with Gasteiger partial charge >= 0.3 is 12.1 Å². The van der Waals surface area contributed by atoms with Crippen LogP contribution in [0.25, 0.3) is 0 Å². The molecule has 1 fully saturated rings. The molecule has 9 heteroatoms. The van der Waals surface area contributed by atoms with Crippen molar-refractivity contribution < 1.29 is 27.9 Å². The Labute approximate surface area is 130 Å². The van der Waals surface area contributed by atoms with E-state index < -0.39 is 35.2 Å². The summed E-state index contributed by atoms with van der Waals surface area (Å²) in [4.78, 5) is 24.3. The van der Waals surface area contributed by atoms with Gasteiger partial charge in [0.1, 0.15) is 6.04 Å². The maximum absolute atomic E-state index is 13.0. The molecule has 1 aliphatic rings. The standard InChI is InChI=1S/C12H9BrF3NO3S/c13-6-1-2-7(8(3-6)12(14,15)16)10(18)17-5-21-4-9(17)11(19)20/h1-3,9H,4-5H2,(H,19,20)/t9-/m0/s1. The highest BCUT2D eigenvalue weighted by molar-refractivity contribution is 9.10. The van der Waals surface area contributed by atoms with Crippen LogP contribution in [0.3, 0.4) is 0 Å². The lowest BCUT2D eigenvalue weighted by atomic mass is 10.1. The van der Waals surface area contributed by atoms with Gasteiger partial charge in [-0.05, 0) is 18.2 Å². The Morgan fingerprint density at radius 1 is 1.38 bits per heavy atom. The van der Waals surface area contributed by atoms with Crippen LogP contribution >= 0.6 is 27.7 Å². The smallest absolute Gasteiger partial charge is 0.417 e. The average Bonchev–Trinajstić information content (AvgIpc) is 2.86. The minimum Gasteiger partial charge on any atom is -0.480 e. The molecule has 1 aromatic carbocycles. The number of alkyl halides is 3. The molecule has 0 aromatic heterocycles. The first-order valence-corrected chi connectivity index (χ1v) is 7.65. The number of carboxylic acids is 1. The molecule has 0 spiro atoms. The molecule has 114 valence electrons. The molecule has 1 saturated heterocycles. The molecule has 1 amide bonds. The normalized spacial score (nSPS) is 18.9. The number of halogens is 4. The number of hydrogen-bond donors (Lipinski definition) is 1. The highest BCUT2D eigenvalue weighted by atomic mass is 79.9. The van der Waals surface area contributed by atoms with Gasteiger partial charge in [-0.25, -0.2) is 4.79 Å². The summed E-state index contributed by atoms with van der Waals surface area (Å²) in [5.41, 5.74) is -1.62. The van der Waals surface area contributed by atoms with Crippen molar-refractivity contribution in [1.82, 2.24) is 4.90 Å². The molecule has 0 bridgehead atoms. The van der Waals surface area contributed by atoms with Gasteiger partial charge in [0, 0.05) is 10.2 Å². The number of benzene rings is 1. The monoisotopic (exact) mass is 383 g/mol. The molecule has 1 aromatic rings. The summed E-state index contributed by atoms with van der Waals surface area (Å²) in [5, 5.41) is 9.02. The number of aliphatic carboxylic acids is 1. The molecular formula is C12H9BrF3NO3S. The van der Waals surface area contributed by atoms with Crippen molar-refractivity contribution in [2.45, 2.75) is 12.2 Å². The molecule has 0 saturated carbocycles. The Balaban J connectivity index is 2.42. The van der Waals surface area contributed by atoms with E-state index in [1.165, 1.54) is 17.8 Å². The van der Waals surface area contributed by atoms with Crippen molar-refractivity contribution in [3.63, 3.8) is 0 Å². The summed E-state index contributed by atoms with van der Waals surface area (Å²) in [6, 6.07) is 2.08. The zero-order valence-corrected chi connectivity index (χ0v) is 12.8. The number of carbonyl (C=O) groups excluding carboxylic acids is 1. The maximum Gasteiger partial charge on any atom is 0.417 e. The molecule has 2 rings (SSSR count). The largest absolute Gasteiger partial charge is 0.480 e. The fourth-order valence-electron chi connectivity index (χ4n) is 1.94. The zero-order valence-electron chi connectivity index (χ0n) is 10.4. The molecule has 0 radical (unpaired) electrons. The topological polar surface area (TPSA) is 57.6 Å². The van der Waals surface area contributed by atoms with Crippen LogP contribution in [-0.4, -0.2) is 39.6 Å². The molecule has 1 aliphatic heterocycles. The molecule has 1 heterocycles. The predicted molar refractivity (Wildman–Crippen MR) is 74.1 cm³/mol. The third-order valence-corrected chi connectivity index (χ3v) is 4.45. The van der Waals surface area contributed by atoms with Crippen LogP contribution < -0.4 is 0 Å². The van der Waals surface area contributed by atoms with Crippen LogP contribution in [-0.2, 0) is 11.0 Å². The van der Waals surface area contributed by atoms with E-state index >= 15 is 0 Å². The summed E-state index contributed by atoms with van der Waals surface area (Å²) in [7, 11) is 0. The molecule has 21 heavy (non-hydrogen) atoms. The average molecular weight is 384 g/mol. The van der Waals surface area contributed by atoms with E-state index in [9.17, 15) is 22.8 Å². The summed E-state index contributed by atoms with van der Waals surface area (Å²) in [6.45, 7) is 0. The van der Waals surface area contributed by atoms with Gasteiger partial charge in [-0.15, -0.1) is 11.8 Å². The minimum absolute atomic E-state index is 0.0587. The van der Waals surface area contributed by atoms with Crippen LogP contribution in [0.2, 0.25) is 0 Å². The van der Waals surface area contributed by atoms with Gasteiger partial charge in [-0.1, -0.05) is 15.9 Å². The lowest BCUT2D eigenvalue weighted by Gasteiger charge is -2.22. The van der Waals surface area contributed by atoms with Gasteiger partial charge in [0.25, 0.3) is 5.91 Å². The van der Waals surface area contributed by atoms with Gasteiger partial charge in [-0.3, -0.25) is 4.79 Å². The highest BCUT2D eigenvalue weighted by Crippen LogP contribution is 2.35. The third kappa shape index (κ3) is 3.34. The summed E-state index contributed by atoms with van der Waals surface area (Å²) in [6.07, 6.45) is -4.69. The second kappa shape index (κ2) is 5.88. The fraction of sp³-hybridized carbons (Fsp3) is 0.333. The van der Waals surface area contributed by atoms with E-state index in [4.69, 9.17) is 5.11 Å². The first-order chi connectivity index (χ1) is 9.71. The number of nitrogens with zero attached hydrogens (tertiary/aromatic N) is 1. The van der Waals surface area contributed by atoms with Crippen molar-refractivity contribution in [2.75, 3.05) is 11.6 Å². The van der Waals surface area contributed by atoms with Crippen molar-refractivity contribution in [3.05, 3.63) is 33.8 Å². The number of amides is 1. The SMILES string of the molecule is O=C(O)[C@@H]1CSCN1C(=O)c1ccc(Br)cc1C(F)(F)F. The van der Waals surface area contributed by atoms with Crippen LogP contribution in [0.5, 0.6) is 0 Å². The summed E-state index contributed by atoms with van der Waals surface area (Å²) < 4.78 is 39.2. The summed E-state index contributed by atoms with van der Waals surface area (Å²) >= 11 is 4.13. The third-order valence-electron chi connectivity index (χ3n) is 2.95. The minimum atomic E-state index is -4.69. The number of carboxylic acid groups (broad SMARTS) is 1. The van der Waals surface area contributed by atoms with Gasteiger partial charge in [-0.2, -0.15) is 13.2 Å². The maximum atomic E-state index is 13.0. The highest BCUT2D eigenvalue weighted by Gasteiger charge is 2.40. The van der Waals surface area contributed by atoms with Crippen molar-refractivity contribution in [3.8, 4) is 0 Å². The van der Waals surface area contributed by atoms with E-state index in [2.05, 4.69) is 15.9 Å². The fourth-order valence-corrected chi connectivity index (χ4v) is 3.45. The second-order valence-corrected chi connectivity index (χ2v) is 6.23. The second-order valence-electron chi connectivity index (χ2n) is 4.32. The van der Waals surface area contributed by atoms with Crippen molar-refractivity contribution >= 4 is 39.6 Å². The van der Waals surface area contributed by atoms with E-state index in [-0.39, 0.29) is 16.1 Å².